The molecule has 1 saturated heterocycles. The molecule has 4 rings (SSSR count). The van der Waals surface area contributed by atoms with Crippen LogP contribution in [0.4, 0.5) is 11.4 Å². The van der Waals surface area contributed by atoms with Crippen LogP contribution in [-0.2, 0) is 5.41 Å². The van der Waals surface area contributed by atoms with Crippen LogP contribution in [-0.4, -0.2) is 31.3 Å². The highest BCUT2D eigenvalue weighted by Gasteiger charge is 2.58. The van der Waals surface area contributed by atoms with Crippen molar-refractivity contribution in [3.63, 3.8) is 0 Å². The zero-order valence-corrected chi connectivity index (χ0v) is 17.4. The Labute approximate surface area is 165 Å². The van der Waals surface area contributed by atoms with Gasteiger partial charge in [-0.25, -0.2) is 0 Å². The van der Waals surface area contributed by atoms with E-state index in [0.717, 1.165) is 17.3 Å². The zero-order chi connectivity index (χ0) is 18.5. The van der Waals surface area contributed by atoms with E-state index in [1.165, 1.54) is 22.5 Å². The Hall–Kier alpha value is -1.58. The molecule has 1 atom stereocenters. The van der Waals surface area contributed by atoms with Gasteiger partial charge in [0.05, 0.1) is 0 Å². The first-order valence-electron chi connectivity index (χ1n) is 9.03. The fourth-order valence-electron chi connectivity index (χ4n) is 4.23. The van der Waals surface area contributed by atoms with E-state index < -0.39 is 0 Å². The van der Waals surface area contributed by atoms with Gasteiger partial charge in [0.2, 0.25) is 0 Å². The minimum atomic E-state index is -0.0553. The summed E-state index contributed by atoms with van der Waals surface area (Å²) in [5.74, 6) is 1.15. The van der Waals surface area contributed by atoms with Crippen molar-refractivity contribution in [2.75, 3.05) is 36.2 Å². The van der Waals surface area contributed by atoms with Crippen LogP contribution >= 0.6 is 23.4 Å². The van der Waals surface area contributed by atoms with Crippen LogP contribution in [0.2, 0.25) is 5.02 Å². The first-order valence-corrected chi connectivity index (χ1v) is 10.4. The van der Waals surface area contributed by atoms with E-state index in [4.69, 9.17) is 11.6 Å². The standard InChI is InChI=1S/C22H25ClN2S/c1-21(2)19-15-17(23)7-10-20(19)25-13-14-26-22(21,25)12-11-16-5-8-18(9-6-16)24(3)4/h5-12,15H,13-14H2,1-4H3/b12-11+. The monoisotopic (exact) mass is 384 g/mol. The highest BCUT2D eigenvalue weighted by atomic mass is 35.5. The van der Waals surface area contributed by atoms with E-state index in [0.29, 0.717) is 0 Å². The van der Waals surface area contributed by atoms with Crippen molar-refractivity contribution in [2.45, 2.75) is 24.1 Å². The average molecular weight is 385 g/mol. The summed E-state index contributed by atoms with van der Waals surface area (Å²) in [4.78, 5) is 4.63. The highest BCUT2D eigenvalue weighted by Crippen LogP contribution is 2.60. The molecule has 0 N–H and O–H groups in total. The molecule has 0 bridgehead atoms. The Morgan fingerprint density at radius 2 is 1.85 bits per heavy atom. The van der Waals surface area contributed by atoms with Gasteiger partial charge in [0.15, 0.2) is 0 Å². The molecule has 0 radical (unpaired) electrons. The lowest BCUT2D eigenvalue weighted by Gasteiger charge is -2.40. The van der Waals surface area contributed by atoms with Gasteiger partial charge in [-0.1, -0.05) is 43.7 Å². The van der Waals surface area contributed by atoms with Crippen molar-refractivity contribution in [3.8, 4) is 0 Å². The van der Waals surface area contributed by atoms with Crippen LogP contribution < -0.4 is 9.80 Å². The predicted octanol–water partition coefficient (Wildman–Crippen LogP) is 5.66. The normalized spacial score (nSPS) is 23.3. The lowest BCUT2D eigenvalue weighted by atomic mass is 9.79. The molecule has 26 heavy (non-hydrogen) atoms. The van der Waals surface area contributed by atoms with E-state index in [9.17, 15) is 0 Å². The van der Waals surface area contributed by atoms with E-state index in [-0.39, 0.29) is 10.3 Å². The van der Waals surface area contributed by atoms with Gasteiger partial charge >= 0.3 is 0 Å². The van der Waals surface area contributed by atoms with E-state index >= 15 is 0 Å². The highest BCUT2D eigenvalue weighted by molar-refractivity contribution is 8.01. The minimum Gasteiger partial charge on any atom is -0.378 e. The maximum Gasteiger partial charge on any atom is 0.114 e. The Bertz CT molecular complexity index is 857. The first kappa shape index (κ1) is 17.8. The van der Waals surface area contributed by atoms with Crippen molar-refractivity contribution in [1.82, 2.24) is 0 Å². The number of halogens is 1. The van der Waals surface area contributed by atoms with E-state index in [1.54, 1.807) is 0 Å². The lowest BCUT2D eigenvalue weighted by molar-refractivity contribution is 0.454. The quantitative estimate of drug-likeness (QED) is 0.674. The molecule has 0 aliphatic carbocycles. The van der Waals surface area contributed by atoms with Crippen molar-refractivity contribution < 1.29 is 0 Å². The Morgan fingerprint density at radius 1 is 1.12 bits per heavy atom. The van der Waals surface area contributed by atoms with Crippen molar-refractivity contribution >= 4 is 40.8 Å². The molecule has 2 aromatic carbocycles. The largest absolute Gasteiger partial charge is 0.378 e. The molecule has 0 saturated carbocycles. The molecule has 136 valence electrons. The number of fused-ring (bicyclic) bond motifs is 3. The summed E-state index contributed by atoms with van der Waals surface area (Å²) in [6.45, 7) is 5.77. The van der Waals surface area contributed by atoms with Crippen LogP contribution in [0, 0.1) is 0 Å². The molecule has 0 amide bonds. The fourth-order valence-corrected chi connectivity index (χ4v) is 5.97. The van der Waals surface area contributed by atoms with Gasteiger partial charge in [0.1, 0.15) is 4.87 Å². The Kier molecular flexibility index (Phi) is 4.28. The molecular formula is C22H25ClN2S. The molecule has 0 spiro atoms. The van der Waals surface area contributed by atoms with Gasteiger partial charge in [-0.2, -0.15) is 0 Å². The van der Waals surface area contributed by atoms with E-state index in [1.807, 2.05) is 17.8 Å². The predicted molar refractivity (Wildman–Crippen MR) is 117 cm³/mol. The summed E-state index contributed by atoms with van der Waals surface area (Å²) in [7, 11) is 4.14. The molecule has 1 fully saturated rings. The molecule has 0 aromatic heterocycles. The Morgan fingerprint density at radius 3 is 2.54 bits per heavy atom. The molecular weight excluding hydrogens is 360 g/mol. The molecule has 2 aliphatic rings. The van der Waals surface area contributed by atoms with Crippen LogP contribution in [0.25, 0.3) is 6.08 Å². The van der Waals surface area contributed by atoms with Gasteiger partial charge in [-0.3, -0.25) is 0 Å². The summed E-state index contributed by atoms with van der Waals surface area (Å²) in [5.41, 5.74) is 5.14. The summed E-state index contributed by atoms with van der Waals surface area (Å²) in [6.07, 6.45) is 4.68. The topological polar surface area (TPSA) is 6.48 Å². The summed E-state index contributed by atoms with van der Waals surface area (Å²) in [5, 5.41) is 0.821. The van der Waals surface area contributed by atoms with Crippen LogP contribution in [0.1, 0.15) is 25.0 Å². The van der Waals surface area contributed by atoms with E-state index in [2.05, 4.69) is 86.3 Å². The number of thioether (sulfide) groups is 1. The van der Waals surface area contributed by atoms with Gasteiger partial charge < -0.3 is 9.80 Å². The molecule has 2 heterocycles. The third-order valence-electron chi connectivity index (χ3n) is 5.77. The van der Waals surface area contributed by atoms with Gasteiger partial charge in [0, 0.05) is 48.2 Å². The van der Waals surface area contributed by atoms with Crippen molar-refractivity contribution in [3.05, 3.63) is 64.7 Å². The second kappa shape index (κ2) is 6.24. The van der Waals surface area contributed by atoms with Crippen molar-refractivity contribution in [2.24, 2.45) is 0 Å². The zero-order valence-electron chi connectivity index (χ0n) is 15.8. The smallest absolute Gasteiger partial charge is 0.114 e. The van der Waals surface area contributed by atoms with Crippen molar-refractivity contribution in [1.29, 1.82) is 0 Å². The van der Waals surface area contributed by atoms with Crippen LogP contribution in [0.5, 0.6) is 0 Å². The SMILES string of the molecule is CN(C)c1ccc(/C=C/C23SCCN2c2ccc(Cl)cc2C3(C)C)cc1. The molecule has 2 nitrogen and oxygen atoms in total. The maximum absolute atomic E-state index is 6.32. The summed E-state index contributed by atoms with van der Waals surface area (Å²) >= 11 is 8.36. The first-order chi connectivity index (χ1) is 12.3. The number of hydrogen-bond donors (Lipinski definition) is 0. The van der Waals surface area contributed by atoms with Crippen LogP contribution in [0.15, 0.2) is 48.5 Å². The summed E-state index contributed by atoms with van der Waals surface area (Å²) < 4.78 is 0. The molecule has 4 heteroatoms. The second-order valence-electron chi connectivity index (χ2n) is 7.80. The van der Waals surface area contributed by atoms with Gasteiger partial charge in [0.25, 0.3) is 0 Å². The molecule has 2 aliphatic heterocycles. The Balaban J connectivity index is 1.73. The second-order valence-corrected chi connectivity index (χ2v) is 9.56. The summed E-state index contributed by atoms with van der Waals surface area (Å²) in [6, 6.07) is 15.1. The minimum absolute atomic E-state index is 0.00548. The van der Waals surface area contributed by atoms with Crippen LogP contribution in [0.3, 0.4) is 0 Å². The lowest BCUT2D eigenvalue weighted by Crippen LogP contribution is -2.48. The number of anilines is 2. The number of nitrogens with zero attached hydrogens (tertiary/aromatic N) is 2. The van der Waals surface area contributed by atoms with Gasteiger partial charge in [-0.15, -0.1) is 11.8 Å². The molecule has 2 aromatic rings. The average Bonchev–Trinajstić information content (AvgIpc) is 3.11. The maximum atomic E-state index is 6.32. The number of benzene rings is 2. The molecule has 1 unspecified atom stereocenters. The fraction of sp³-hybridized carbons (Fsp3) is 0.364. The third-order valence-corrected chi connectivity index (χ3v) is 7.70. The number of hydrogen-bond acceptors (Lipinski definition) is 3. The van der Waals surface area contributed by atoms with Gasteiger partial charge in [-0.05, 0) is 47.5 Å². The number of rotatable bonds is 3. The third kappa shape index (κ3) is 2.56.